The molecule has 0 spiro atoms. The van der Waals surface area contributed by atoms with Gasteiger partial charge in [-0.05, 0) is 24.3 Å². The predicted molar refractivity (Wildman–Crippen MR) is 74.4 cm³/mol. The summed E-state index contributed by atoms with van der Waals surface area (Å²) in [5, 5.41) is 15.6. The summed E-state index contributed by atoms with van der Waals surface area (Å²) >= 11 is 1.56. The SMILES string of the molecule is O=C(O)C1(CNc2ncnc3sccc23)CCCC1. The van der Waals surface area contributed by atoms with Crippen molar-refractivity contribution in [1.82, 2.24) is 9.97 Å². The highest BCUT2D eigenvalue weighted by Crippen LogP contribution is 2.38. The van der Waals surface area contributed by atoms with Crippen molar-refractivity contribution < 1.29 is 9.90 Å². The summed E-state index contributed by atoms with van der Waals surface area (Å²) in [7, 11) is 0. The molecular formula is C13H15N3O2S. The van der Waals surface area contributed by atoms with Crippen LogP contribution in [-0.4, -0.2) is 27.6 Å². The Morgan fingerprint density at radius 2 is 2.21 bits per heavy atom. The first-order valence-electron chi connectivity index (χ1n) is 6.37. The molecule has 2 aromatic rings. The summed E-state index contributed by atoms with van der Waals surface area (Å²) in [6.07, 6.45) is 4.99. The van der Waals surface area contributed by atoms with E-state index in [0.717, 1.165) is 41.7 Å². The fourth-order valence-corrected chi connectivity index (χ4v) is 3.43. The van der Waals surface area contributed by atoms with Crippen molar-refractivity contribution in [3.63, 3.8) is 0 Å². The Morgan fingerprint density at radius 3 is 2.95 bits per heavy atom. The van der Waals surface area contributed by atoms with Crippen molar-refractivity contribution in [3.05, 3.63) is 17.8 Å². The van der Waals surface area contributed by atoms with Crippen LogP contribution in [0.15, 0.2) is 17.8 Å². The molecule has 0 aromatic carbocycles. The van der Waals surface area contributed by atoms with Gasteiger partial charge in [0.2, 0.25) is 0 Å². The largest absolute Gasteiger partial charge is 0.481 e. The molecule has 2 N–H and O–H groups in total. The van der Waals surface area contributed by atoms with Crippen molar-refractivity contribution in [2.75, 3.05) is 11.9 Å². The summed E-state index contributed by atoms with van der Waals surface area (Å²) in [5.74, 6) is 0.0342. The summed E-state index contributed by atoms with van der Waals surface area (Å²) in [5.41, 5.74) is -0.632. The normalized spacial score (nSPS) is 17.7. The number of nitrogens with one attached hydrogen (secondary N) is 1. The van der Waals surface area contributed by atoms with Gasteiger partial charge in [-0.3, -0.25) is 4.79 Å². The van der Waals surface area contributed by atoms with Crippen LogP contribution in [0.25, 0.3) is 10.2 Å². The molecule has 2 aromatic heterocycles. The van der Waals surface area contributed by atoms with E-state index in [0.29, 0.717) is 6.54 Å². The first-order valence-corrected chi connectivity index (χ1v) is 7.25. The lowest BCUT2D eigenvalue weighted by Crippen LogP contribution is -2.35. The lowest BCUT2D eigenvalue weighted by molar-refractivity contribution is -0.147. The van der Waals surface area contributed by atoms with Gasteiger partial charge in [0.1, 0.15) is 17.0 Å². The molecule has 2 heterocycles. The van der Waals surface area contributed by atoms with Crippen molar-refractivity contribution in [1.29, 1.82) is 0 Å². The quantitative estimate of drug-likeness (QED) is 0.898. The molecule has 1 aliphatic rings. The third-order valence-electron chi connectivity index (χ3n) is 3.87. The minimum absolute atomic E-state index is 0.435. The molecule has 0 bridgehead atoms. The lowest BCUT2D eigenvalue weighted by atomic mass is 9.86. The Kier molecular flexibility index (Phi) is 3.10. The molecule has 0 atom stereocenters. The van der Waals surface area contributed by atoms with Gasteiger partial charge in [-0.1, -0.05) is 12.8 Å². The molecule has 1 fully saturated rings. The van der Waals surface area contributed by atoms with Crippen LogP contribution in [0.1, 0.15) is 25.7 Å². The molecular weight excluding hydrogens is 262 g/mol. The van der Waals surface area contributed by atoms with E-state index in [1.807, 2.05) is 11.4 Å². The van der Waals surface area contributed by atoms with Crippen LogP contribution in [-0.2, 0) is 4.79 Å². The van der Waals surface area contributed by atoms with Gasteiger partial charge in [0.05, 0.1) is 10.8 Å². The maximum Gasteiger partial charge on any atom is 0.311 e. The van der Waals surface area contributed by atoms with E-state index in [9.17, 15) is 9.90 Å². The minimum Gasteiger partial charge on any atom is -0.481 e. The molecule has 0 saturated heterocycles. The average Bonchev–Trinajstić information content (AvgIpc) is 3.06. The Hall–Kier alpha value is -1.69. The number of thiophene rings is 1. The second-order valence-corrected chi connectivity index (χ2v) is 5.90. The number of fused-ring (bicyclic) bond motifs is 1. The fraction of sp³-hybridized carbons (Fsp3) is 0.462. The number of carbonyl (C=O) groups is 1. The maximum absolute atomic E-state index is 11.5. The predicted octanol–water partition coefficient (Wildman–Crippen LogP) is 2.75. The highest BCUT2D eigenvalue weighted by Gasteiger charge is 2.41. The van der Waals surface area contributed by atoms with Gasteiger partial charge in [0.25, 0.3) is 0 Å². The van der Waals surface area contributed by atoms with Crippen molar-refractivity contribution in [3.8, 4) is 0 Å². The number of carboxylic acid groups (broad SMARTS) is 1. The zero-order valence-corrected chi connectivity index (χ0v) is 11.2. The molecule has 3 rings (SSSR count). The van der Waals surface area contributed by atoms with Gasteiger partial charge in [0.15, 0.2) is 0 Å². The summed E-state index contributed by atoms with van der Waals surface area (Å²) in [6, 6.07) is 1.96. The van der Waals surface area contributed by atoms with Gasteiger partial charge in [-0.25, -0.2) is 9.97 Å². The van der Waals surface area contributed by atoms with E-state index in [1.165, 1.54) is 6.33 Å². The molecule has 100 valence electrons. The van der Waals surface area contributed by atoms with Gasteiger partial charge in [-0.2, -0.15) is 0 Å². The zero-order valence-electron chi connectivity index (χ0n) is 10.4. The highest BCUT2D eigenvalue weighted by atomic mass is 32.1. The number of rotatable bonds is 4. The Morgan fingerprint density at radius 1 is 1.42 bits per heavy atom. The summed E-state index contributed by atoms with van der Waals surface area (Å²) in [4.78, 5) is 20.8. The second-order valence-electron chi connectivity index (χ2n) is 5.01. The van der Waals surface area contributed by atoms with Crippen LogP contribution in [0.5, 0.6) is 0 Å². The number of hydrogen-bond donors (Lipinski definition) is 2. The van der Waals surface area contributed by atoms with Crippen LogP contribution in [0.4, 0.5) is 5.82 Å². The Bertz CT molecular complexity index is 605. The van der Waals surface area contributed by atoms with E-state index in [1.54, 1.807) is 11.3 Å². The molecule has 1 saturated carbocycles. The third-order valence-corrected chi connectivity index (χ3v) is 4.69. The van der Waals surface area contributed by atoms with Crippen molar-refractivity contribution in [2.24, 2.45) is 5.41 Å². The molecule has 1 aliphatic carbocycles. The van der Waals surface area contributed by atoms with Gasteiger partial charge < -0.3 is 10.4 Å². The zero-order chi connectivity index (χ0) is 13.3. The number of aliphatic carboxylic acids is 1. The number of aromatic nitrogens is 2. The summed E-state index contributed by atoms with van der Waals surface area (Å²) < 4.78 is 0. The van der Waals surface area contributed by atoms with E-state index >= 15 is 0 Å². The van der Waals surface area contributed by atoms with Gasteiger partial charge >= 0.3 is 5.97 Å². The highest BCUT2D eigenvalue weighted by molar-refractivity contribution is 7.16. The van der Waals surface area contributed by atoms with E-state index in [-0.39, 0.29) is 0 Å². The topological polar surface area (TPSA) is 75.1 Å². The fourth-order valence-electron chi connectivity index (χ4n) is 2.70. The molecule has 6 heteroatoms. The molecule has 19 heavy (non-hydrogen) atoms. The van der Waals surface area contributed by atoms with Gasteiger partial charge in [-0.15, -0.1) is 11.3 Å². The number of hydrogen-bond acceptors (Lipinski definition) is 5. The average molecular weight is 277 g/mol. The molecule has 0 unspecified atom stereocenters. The van der Waals surface area contributed by atoms with E-state index in [4.69, 9.17) is 0 Å². The van der Waals surface area contributed by atoms with Crippen molar-refractivity contribution in [2.45, 2.75) is 25.7 Å². The van der Waals surface area contributed by atoms with Gasteiger partial charge in [0, 0.05) is 6.54 Å². The van der Waals surface area contributed by atoms with E-state index in [2.05, 4.69) is 15.3 Å². The molecule has 0 amide bonds. The molecule has 0 aliphatic heterocycles. The molecule has 5 nitrogen and oxygen atoms in total. The Labute approximate surface area is 114 Å². The third kappa shape index (κ3) is 2.16. The smallest absolute Gasteiger partial charge is 0.311 e. The Balaban J connectivity index is 1.82. The van der Waals surface area contributed by atoms with Crippen molar-refractivity contribution >= 4 is 33.3 Å². The van der Waals surface area contributed by atoms with Crippen LogP contribution >= 0.6 is 11.3 Å². The van der Waals surface area contributed by atoms with Crippen LogP contribution < -0.4 is 5.32 Å². The van der Waals surface area contributed by atoms with Crippen LogP contribution in [0.2, 0.25) is 0 Å². The second kappa shape index (κ2) is 4.77. The first-order chi connectivity index (χ1) is 9.21. The number of carboxylic acids is 1. The number of anilines is 1. The maximum atomic E-state index is 11.5. The van der Waals surface area contributed by atoms with E-state index < -0.39 is 11.4 Å². The first kappa shape index (κ1) is 12.3. The monoisotopic (exact) mass is 277 g/mol. The lowest BCUT2D eigenvalue weighted by Gasteiger charge is -2.24. The minimum atomic E-state index is -0.701. The standard InChI is InChI=1S/C13H15N3O2S/c17-12(18)13(4-1-2-5-13)7-14-10-9-3-6-19-11(9)16-8-15-10/h3,6,8H,1-2,4-5,7H2,(H,17,18)(H,14,15,16). The van der Waals surface area contributed by atoms with Crippen LogP contribution in [0.3, 0.4) is 0 Å². The summed E-state index contributed by atoms with van der Waals surface area (Å²) in [6.45, 7) is 0.435. The van der Waals surface area contributed by atoms with Crippen LogP contribution in [0, 0.1) is 5.41 Å². The molecule has 0 radical (unpaired) electrons. The number of nitrogens with zero attached hydrogens (tertiary/aromatic N) is 2.